The molecule has 84 valence electrons. The summed E-state index contributed by atoms with van der Waals surface area (Å²) in [4.78, 5) is 24.2. The third-order valence-electron chi connectivity index (χ3n) is 2.86. The van der Waals surface area contributed by atoms with Gasteiger partial charge < -0.3 is 10.6 Å². The van der Waals surface area contributed by atoms with Crippen LogP contribution in [-0.2, 0) is 11.2 Å². The summed E-state index contributed by atoms with van der Waals surface area (Å²) < 4.78 is 0. The predicted octanol–water partition coefficient (Wildman–Crippen LogP) is 1.08. The van der Waals surface area contributed by atoms with Crippen LogP contribution in [0.1, 0.15) is 29.3 Å². The number of amides is 2. The molecular formula is C12H14N2O2. The van der Waals surface area contributed by atoms with Crippen LogP contribution in [0, 0.1) is 0 Å². The molecule has 16 heavy (non-hydrogen) atoms. The van der Waals surface area contributed by atoms with Crippen molar-refractivity contribution in [3.8, 4) is 0 Å². The van der Waals surface area contributed by atoms with Gasteiger partial charge in [0, 0.05) is 24.7 Å². The average molecular weight is 218 g/mol. The molecule has 0 fully saturated rings. The molecule has 1 aromatic carbocycles. The molecule has 1 aliphatic heterocycles. The predicted molar refractivity (Wildman–Crippen MR) is 61.3 cm³/mol. The highest BCUT2D eigenvalue weighted by Gasteiger charge is 2.20. The van der Waals surface area contributed by atoms with Crippen molar-refractivity contribution in [1.82, 2.24) is 0 Å². The lowest BCUT2D eigenvalue weighted by Crippen LogP contribution is -2.33. The van der Waals surface area contributed by atoms with E-state index in [2.05, 4.69) is 0 Å². The van der Waals surface area contributed by atoms with Gasteiger partial charge in [0.05, 0.1) is 0 Å². The molecule has 0 bridgehead atoms. The third-order valence-corrected chi connectivity index (χ3v) is 2.86. The second-order valence-corrected chi connectivity index (χ2v) is 3.98. The van der Waals surface area contributed by atoms with Gasteiger partial charge >= 0.3 is 0 Å². The summed E-state index contributed by atoms with van der Waals surface area (Å²) in [5.41, 5.74) is 7.66. The van der Waals surface area contributed by atoms with Gasteiger partial charge in [0.1, 0.15) is 0 Å². The summed E-state index contributed by atoms with van der Waals surface area (Å²) in [6, 6.07) is 5.26. The van der Waals surface area contributed by atoms with Crippen molar-refractivity contribution < 1.29 is 9.59 Å². The number of hydrogen-bond acceptors (Lipinski definition) is 2. The molecule has 0 saturated carbocycles. The van der Waals surface area contributed by atoms with Crippen LogP contribution in [0.25, 0.3) is 0 Å². The van der Waals surface area contributed by atoms with E-state index in [1.165, 1.54) is 0 Å². The molecule has 1 aromatic rings. The number of nitrogens with zero attached hydrogens (tertiary/aromatic N) is 1. The second-order valence-electron chi connectivity index (χ2n) is 3.98. The molecule has 0 aliphatic carbocycles. The molecule has 4 nitrogen and oxygen atoms in total. The molecule has 2 N–H and O–H groups in total. The van der Waals surface area contributed by atoms with Crippen LogP contribution >= 0.6 is 0 Å². The second kappa shape index (κ2) is 3.96. The molecule has 0 atom stereocenters. The summed E-state index contributed by atoms with van der Waals surface area (Å²) in [5.74, 6) is -0.393. The summed E-state index contributed by atoms with van der Waals surface area (Å²) in [7, 11) is 0. The van der Waals surface area contributed by atoms with Crippen molar-refractivity contribution in [2.45, 2.75) is 19.8 Å². The topological polar surface area (TPSA) is 63.4 Å². The third kappa shape index (κ3) is 1.78. The van der Waals surface area contributed by atoms with E-state index in [1.807, 2.05) is 0 Å². The SMILES string of the molecule is CC(=O)N1CCCc2cc(C(N)=O)ccc21. The zero-order valence-corrected chi connectivity index (χ0v) is 9.19. The van der Waals surface area contributed by atoms with Crippen LogP contribution in [0.5, 0.6) is 0 Å². The highest BCUT2D eigenvalue weighted by molar-refractivity contribution is 5.96. The number of fused-ring (bicyclic) bond motifs is 1. The van der Waals surface area contributed by atoms with Gasteiger partial charge in [-0.2, -0.15) is 0 Å². The van der Waals surface area contributed by atoms with Crippen molar-refractivity contribution in [3.05, 3.63) is 29.3 Å². The first-order chi connectivity index (χ1) is 7.59. The number of rotatable bonds is 1. The van der Waals surface area contributed by atoms with E-state index in [4.69, 9.17) is 5.73 Å². The highest BCUT2D eigenvalue weighted by atomic mass is 16.2. The normalized spacial score (nSPS) is 14.4. The smallest absolute Gasteiger partial charge is 0.248 e. The summed E-state index contributed by atoms with van der Waals surface area (Å²) in [6.07, 6.45) is 1.81. The molecule has 1 aliphatic rings. The maximum absolute atomic E-state index is 11.4. The first-order valence-corrected chi connectivity index (χ1v) is 5.30. The van der Waals surface area contributed by atoms with Crippen molar-refractivity contribution in [1.29, 1.82) is 0 Å². The molecule has 0 spiro atoms. The van der Waals surface area contributed by atoms with E-state index in [0.717, 1.165) is 30.6 Å². The Hall–Kier alpha value is -1.84. The van der Waals surface area contributed by atoms with Crippen molar-refractivity contribution in [2.24, 2.45) is 5.73 Å². The summed E-state index contributed by atoms with van der Waals surface area (Å²) >= 11 is 0. The lowest BCUT2D eigenvalue weighted by molar-refractivity contribution is -0.116. The van der Waals surface area contributed by atoms with E-state index in [0.29, 0.717) is 5.56 Å². The van der Waals surface area contributed by atoms with Crippen molar-refractivity contribution >= 4 is 17.5 Å². The Balaban J connectivity index is 2.44. The number of carbonyl (C=O) groups excluding carboxylic acids is 2. The molecule has 0 aromatic heterocycles. The van der Waals surface area contributed by atoms with E-state index < -0.39 is 5.91 Å². The zero-order chi connectivity index (χ0) is 11.7. The van der Waals surface area contributed by atoms with Gasteiger partial charge in [0.2, 0.25) is 11.8 Å². The van der Waals surface area contributed by atoms with Crippen LogP contribution in [0.2, 0.25) is 0 Å². The molecule has 2 amide bonds. The van der Waals surface area contributed by atoms with Crippen LogP contribution in [0.3, 0.4) is 0 Å². The molecule has 1 heterocycles. The Kier molecular flexibility index (Phi) is 2.64. The molecular weight excluding hydrogens is 204 g/mol. The maximum atomic E-state index is 11.4. The highest BCUT2D eigenvalue weighted by Crippen LogP contribution is 2.27. The maximum Gasteiger partial charge on any atom is 0.248 e. The number of aryl methyl sites for hydroxylation is 1. The minimum Gasteiger partial charge on any atom is -0.366 e. The fraction of sp³-hybridized carbons (Fsp3) is 0.333. The van der Waals surface area contributed by atoms with Gasteiger partial charge in [0.25, 0.3) is 0 Å². The lowest BCUT2D eigenvalue weighted by atomic mass is 9.99. The number of anilines is 1. The molecule has 0 unspecified atom stereocenters. The largest absolute Gasteiger partial charge is 0.366 e. The van der Waals surface area contributed by atoms with Gasteiger partial charge in [-0.25, -0.2) is 0 Å². The van der Waals surface area contributed by atoms with Crippen molar-refractivity contribution in [2.75, 3.05) is 11.4 Å². The Labute approximate surface area is 94.0 Å². The van der Waals surface area contributed by atoms with Crippen LogP contribution in [0.4, 0.5) is 5.69 Å². The Morgan fingerprint density at radius 3 is 2.75 bits per heavy atom. The van der Waals surface area contributed by atoms with E-state index in [-0.39, 0.29) is 5.91 Å². The fourth-order valence-corrected chi connectivity index (χ4v) is 2.08. The molecule has 4 heteroatoms. The number of primary amides is 1. The Bertz CT molecular complexity index is 454. The van der Waals surface area contributed by atoms with Crippen LogP contribution in [-0.4, -0.2) is 18.4 Å². The van der Waals surface area contributed by atoms with Gasteiger partial charge in [-0.05, 0) is 36.6 Å². The van der Waals surface area contributed by atoms with Gasteiger partial charge in [-0.15, -0.1) is 0 Å². The van der Waals surface area contributed by atoms with E-state index >= 15 is 0 Å². The summed E-state index contributed by atoms with van der Waals surface area (Å²) in [6.45, 7) is 2.30. The minimum absolute atomic E-state index is 0.0350. The number of nitrogens with two attached hydrogens (primary N) is 1. The fourth-order valence-electron chi connectivity index (χ4n) is 2.08. The summed E-state index contributed by atoms with van der Waals surface area (Å²) in [5, 5.41) is 0. The minimum atomic E-state index is -0.428. The first-order valence-electron chi connectivity index (χ1n) is 5.30. The monoisotopic (exact) mass is 218 g/mol. The zero-order valence-electron chi connectivity index (χ0n) is 9.19. The standard InChI is InChI=1S/C12H14N2O2/c1-8(15)14-6-2-3-9-7-10(12(13)16)4-5-11(9)14/h4-5,7H,2-3,6H2,1H3,(H2,13,16). The Morgan fingerprint density at radius 1 is 1.38 bits per heavy atom. The molecule has 0 saturated heterocycles. The van der Waals surface area contributed by atoms with Crippen molar-refractivity contribution in [3.63, 3.8) is 0 Å². The van der Waals surface area contributed by atoms with Gasteiger partial charge in [-0.3, -0.25) is 9.59 Å². The van der Waals surface area contributed by atoms with Crippen LogP contribution < -0.4 is 10.6 Å². The average Bonchev–Trinajstić information content (AvgIpc) is 2.27. The lowest BCUT2D eigenvalue weighted by Gasteiger charge is -2.28. The first kappa shape index (κ1) is 10.7. The molecule has 0 radical (unpaired) electrons. The van der Waals surface area contributed by atoms with E-state index in [1.54, 1.807) is 30.0 Å². The number of benzene rings is 1. The van der Waals surface area contributed by atoms with E-state index in [9.17, 15) is 9.59 Å². The quantitative estimate of drug-likeness (QED) is 0.766. The number of hydrogen-bond donors (Lipinski definition) is 1. The molecule has 2 rings (SSSR count). The number of carbonyl (C=O) groups is 2. The van der Waals surface area contributed by atoms with Crippen LogP contribution in [0.15, 0.2) is 18.2 Å². The Morgan fingerprint density at radius 2 is 2.12 bits per heavy atom. The van der Waals surface area contributed by atoms with Gasteiger partial charge in [-0.1, -0.05) is 0 Å². The van der Waals surface area contributed by atoms with Gasteiger partial charge in [0.15, 0.2) is 0 Å².